The van der Waals surface area contributed by atoms with Crippen LogP contribution in [0.3, 0.4) is 0 Å². The third-order valence-electron chi connectivity index (χ3n) is 5.61. The van der Waals surface area contributed by atoms with E-state index in [1.54, 1.807) is 0 Å². The first-order chi connectivity index (χ1) is 11.8. The molecule has 0 saturated carbocycles. The molecule has 2 aliphatic heterocycles. The molecule has 1 atom stereocenters. The van der Waals surface area contributed by atoms with E-state index in [0.29, 0.717) is 5.91 Å². The van der Waals surface area contributed by atoms with E-state index in [9.17, 15) is 4.79 Å². The molecule has 0 aliphatic carbocycles. The number of hydrogen-bond acceptors (Lipinski definition) is 3. The summed E-state index contributed by atoms with van der Waals surface area (Å²) in [6, 6.07) is 10.6. The lowest BCUT2D eigenvalue weighted by Gasteiger charge is -2.35. The lowest BCUT2D eigenvalue weighted by atomic mass is 9.93. The van der Waals surface area contributed by atoms with Gasteiger partial charge >= 0.3 is 0 Å². The number of rotatable bonds is 6. The smallest absolute Gasteiger partial charge is 0.239 e. The van der Waals surface area contributed by atoms with Gasteiger partial charge in [-0.05, 0) is 63.7 Å². The highest BCUT2D eigenvalue weighted by atomic mass is 35.5. The van der Waals surface area contributed by atoms with Crippen LogP contribution in [-0.2, 0) is 11.3 Å². The summed E-state index contributed by atoms with van der Waals surface area (Å²) in [5.41, 5.74) is 1.31. The van der Waals surface area contributed by atoms with Gasteiger partial charge in [-0.25, -0.2) is 0 Å². The summed E-state index contributed by atoms with van der Waals surface area (Å²) in [7, 11) is 2.01. The number of amides is 1. The fourth-order valence-electron chi connectivity index (χ4n) is 4.11. The summed E-state index contributed by atoms with van der Waals surface area (Å²) in [6.45, 7) is 4.93. The Hall–Kier alpha value is -0.810. The Morgan fingerprint density at radius 2 is 1.77 bits per heavy atom. The highest BCUT2D eigenvalue weighted by Gasteiger charge is 2.34. The summed E-state index contributed by atoms with van der Waals surface area (Å²) >= 11 is 0. The van der Waals surface area contributed by atoms with Gasteiger partial charge in [0.1, 0.15) is 0 Å². The Morgan fingerprint density at radius 3 is 2.42 bits per heavy atom. The van der Waals surface area contributed by atoms with Crippen molar-refractivity contribution in [2.75, 3.05) is 33.2 Å². The van der Waals surface area contributed by atoms with E-state index >= 15 is 0 Å². The van der Waals surface area contributed by atoms with Crippen LogP contribution in [0.25, 0.3) is 0 Å². The lowest BCUT2D eigenvalue weighted by molar-refractivity contribution is -0.137. The number of benzene rings is 1. The van der Waals surface area contributed by atoms with E-state index in [-0.39, 0.29) is 30.9 Å². The monoisotopic (exact) mass is 401 g/mol. The van der Waals surface area contributed by atoms with E-state index in [0.717, 1.165) is 51.5 Å². The van der Waals surface area contributed by atoms with Gasteiger partial charge in [0.2, 0.25) is 5.91 Å². The molecule has 0 bridgehead atoms. The number of nitrogens with zero attached hydrogens (tertiary/aromatic N) is 2. The molecule has 2 aliphatic rings. The largest absolute Gasteiger partial charge is 0.341 e. The van der Waals surface area contributed by atoms with E-state index in [4.69, 9.17) is 0 Å². The van der Waals surface area contributed by atoms with Crippen LogP contribution in [0.5, 0.6) is 0 Å². The Kier molecular flexibility index (Phi) is 10.6. The summed E-state index contributed by atoms with van der Waals surface area (Å²) < 4.78 is 0. The van der Waals surface area contributed by atoms with Gasteiger partial charge in [-0.3, -0.25) is 9.69 Å². The first kappa shape index (κ1) is 23.2. The van der Waals surface area contributed by atoms with Crippen molar-refractivity contribution < 1.29 is 4.79 Å². The van der Waals surface area contributed by atoms with Gasteiger partial charge < -0.3 is 10.2 Å². The zero-order valence-electron chi connectivity index (χ0n) is 15.7. The average molecular weight is 402 g/mol. The van der Waals surface area contributed by atoms with Crippen molar-refractivity contribution in [1.29, 1.82) is 0 Å². The molecule has 6 heteroatoms. The molecule has 2 saturated heterocycles. The average Bonchev–Trinajstić information content (AvgIpc) is 3.09. The maximum atomic E-state index is 13.0. The molecular weight excluding hydrogens is 369 g/mol. The molecule has 1 aromatic rings. The van der Waals surface area contributed by atoms with Gasteiger partial charge in [-0.15, -0.1) is 24.8 Å². The molecule has 1 amide bonds. The van der Waals surface area contributed by atoms with Crippen LogP contribution < -0.4 is 5.32 Å². The predicted octanol–water partition coefficient (Wildman–Crippen LogP) is 3.34. The minimum atomic E-state index is 0. The summed E-state index contributed by atoms with van der Waals surface area (Å²) in [5, 5.41) is 3.24. The van der Waals surface area contributed by atoms with Gasteiger partial charge in [0.15, 0.2) is 0 Å². The first-order valence-electron chi connectivity index (χ1n) is 9.49. The fraction of sp³-hybridized carbons (Fsp3) is 0.650. The number of piperidine rings is 1. The van der Waals surface area contributed by atoms with Crippen LogP contribution in [0.2, 0.25) is 0 Å². The molecule has 3 rings (SSSR count). The molecule has 2 heterocycles. The summed E-state index contributed by atoms with van der Waals surface area (Å²) in [4.78, 5) is 17.5. The number of carbonyl (C=O) groups excluding carboxylic acids is 1. The first-order valence-corrected chi connectivity index (χ1v) is 9.49. The molecule has 0 aromatic heterocycles. The Bertz CT molecular complexity index is 521. The van der Waals surface area contributed by atoms with Crippen molar-refractivity contribution in [2.45, 2.75) is 44.7 Å². The molecule has 0 radical (unpaired) electrons. The lowest BCUT2D eigenvalue weighted by Crippen LogP contribution is -2.48. The second kappa shape index (κ2) is 11.8. The van der Waals surface area contributed by atoms with Gasteiger partial charge in [-0.2, -0.15) is 0 Å². The zero-order chi connectivity index (χ0) is 16.8. The maximum Gasteiger partial charge on any atom is 0.239 e. The van der Waals surface area contributed by atoms with Gasteiger partial charge in [0, 0.05) is 19.6 Å². The second-order valence-electron chi connectivity index (χ2n) is 7.27. The Labute approximate surface area is 170 Å². The van der Waals surface area contributed by atoms with Crippen LogP contribution in [0.4, 0.5) is 0 Å². The van der Waals surface area contributed by atoms with E-state index in [1.165, 1.54) is 24.8 Å². The molecular formula is C20H33Cl2N3O. The third-order valence-corrected chi connectivity index (χ3v) is 5.61. The Balaban J connectivity index is 0.00000169. The minimum absolute atomic E-state index is 0. The van der Waals surface area contributed by atoms with Crippen molar-refractivity contribution in [1.82, 2.24) is 15.1 Å². The van der Waals surface area contributed by atoms with Crippen molar-refractivity contribution >= 4 is 30.7 Å². The minimum Gasteiger partial charge on any atom is -0.341 e. The zero-order valence-corrected chi connectivity index (χ0v) is 17.4. The molecule has 2 fully saturated rings. The van der Waals surface area contributed by atoms with Gasteiger partial charge in [0.25, 0.3) is 0 Å². The molecule has 0 spiro atoms. The Morgan fingerprint density at radius 1 is 1.08 bits per heavy atom. The van der Waals surface area contributed by atoms with Gasteiger partial charge in [0.05, 0.1) is 6.04 Å². The number of carbonyl (C=O) groups is 1. The molecule has 1 aromatic carbocycles. The summed E-state index contributed by atoms with van der Waals surface area (Å²) in [6.07, 6.45) is 5.73. The van der Waals surface area contributed by atoms with E-state index in [2.05, 4.69) is 39.4 Å². The molecule has 1 unspecified atom stereocenters. The van der Waals surface area contributed by atoms with E-state index in [1.807, 2.05) is 13.1 Å². The van der Waals surface area contributed by atoms with Crippen LogP contribution in [-0.4, -0.2) is 55.0 Å². The van der Waals surface area contributed by atoms with Crippen molar-refractivity contribution in [3.8, 4) is 0 Å². The predicted molar refractivity (Wildman–Crippen MR) is 112 cm³/mol. The second-order valence-corrected chi connectivity index (χ2v) is 7.27. The van der Waals surface area contributed by atoms with Crippen molar-refractivity contribution in [3.63, 3.8) is 0 Å². The maximum absolute atomic E-state index is 13.0. The summed E-state index contributed by atoms with van der Waals surface area (Å²) in [5.74, 6) is 1.15. The molecule has 4 nitrogen and oxygen atoms in total. The third kappa shape index (κ3) is 6.12. The number of hydrogen-bond donors (Lipinski definition) is 1. The quantitative estimate of drug-likeness (QED) is 0.793. The standard InChI is InChI=1S/C20H31N3O.2ClH/c1-21-12-9-17-10-14-22(15-11-17)20(24)19-8-5-13-23(19)16-18-6-3-2-4-7-18;;/h2-4,6-7,17,19,21H,5,8-16H2,1H3;2*1H. The van der Waals surface area contributed by atoms with Crippen molar-refractivity contribution in [3.05, 3.63) is 35.9 Å². The normalized spacial score (nSPS) is 21.1. The molecule has 1 N–H and O–H groups in total. The van der Waals surface area contributed by atoms with Gasteiger partial charge in [-0.1, -0.05) is 30.3 Å². The number of likely N-dealkylation sites (tertiary alicyclic amines) is 2. The van der Waals surface area contributed by atoms with Crippen LogP contribution in [0, 0.1) is 5.92 Å². The molecule has 26 heavy (non-hydrogen) atoms. The fourth-order valence-corrected chi connectivity index (χ4v) is 4.11. The van der Waals surface area contributed by atoms with Crippen LogP contribution in [0.15, 0.2) is 30.3 Å². The SMILES string of the molecule is CNCCC1CCN(C(=O)C2CCCN2Cc2ccccc2)CC1.Cl.Cl. The molecule has 148 valence electrons. The topological polar surface area (TPSA) is 35.6 Å². The van der Waals surface area contributed by atoms with E-state index < -0.39 is 0 Å². The van der Waals surface area contributed by atoms with Crippen LogP contribution in [0.1, 0.15) is 37.7 Å². The number of halogens is 2. The van der Waals surface area contributed by atoms with Crippen molar-refractivity contribution in [2.24, 2.45) is 5.92 Å². The van der Waals surface area contributed by atoms with Crippen LogP contribution >= 0.6 is 24.8 Å². The highest BCUT2D eigenvalue weighted by Crippen LogP contribution is 2.25. The number of nitrogens with one attached hydrogen (secondary N) is 1. The highest BCUT2D eigenvalue weighted by molar-refractivity contribution is 5.85.